The third-order valence-corrected chi connectivity index (χ3v) is 4.01. The quantitative estimate of drug-likeness (QED) is 0.469. The summed E-state index contributed by atoms with van der Waals surface area (Å²) in [6.07, 6.45) is 1.42. The largest absolute Gasteiger partial charge is 0.325 e. The molecule has 1 heterocycles. The maximum Gasteiger partial charge on any atom is 0.251 e. The van der Waals surface area contributed by atoms with Crippen molar-refractivity contribution in [1.29, 1.82) is 0 Å². The molecule has 0 atom stereocenters. The zero-order chi connectivity index (χ0) is 14.5. The molecule has 1 amide bonds. The van der Waals surface area contributed by atoms with E-state index in [1.165, 1.54) is 24.0 Å². The summed E-state index contributed by atoms with van der Waals surface area (Å²) in [6, 6.07) is 7.15. The van der Waals surface area contributed by atoms with Crippen molar-refractivity contribution in [2.45, 2.75) is 12.1 Å². The van der Waals surface area contributed by atoms with Gasteiger partial charge in [-0.15, -0.1) is 0 Å². The molecule has 0 aliphatic heterocycles. The van der Waals surface area contributed by atoms with E-state index in [0.29, 0.717) is 5.16 Å². The highest BCUT2D eigenvalue weighted by Gasteiger charge is 2.07. The number of H-pyrrole nitrogens is 1. The standard InChI is InChI=1S/C13H12IN3O2S/c1-8-6-9(14)2-3-10(8)16-12(19)7-20-13-15-5-4-11(18)17-13/h2-6H,7H2,1H3,(H,16,19)(H,15,17,18). The average Bonchev–Trinajstić information content (AvgIpc) is 2.40. The van der Waals surface area contributed by atoms with Crippen LogP contribution in [0.4, 0.5) is 5.69 Å². The summed E-state index contributed by atoms with van der Waals surface area (Å²) < 4.78 is 1.12. The number of thioether (sulfide) groups is 1. The first-order chi connectivity index (χ1) is 9.54. The van der Waals surface area contributed by atoms with Crippen molar-refractivity contribution in [3.8, 4) is 0 Å². The molecule has 2 aromatic rings. The summed E-state index contributed by atoms with van der Waals surface area (Å²) in [5.41, 5.74) is 1.59. The first kappa shape index (κ1) is 15.0. The van der Waals surface area contributed by atoms with Crippen molar-refractivity contribution in [2.75, 3.05) is 11.1 Å². The van der Waals surface area contributed by atoms with Gasteiger partial charge in [-0.3, -0.25) is 9.59 Å². The zero-order valence-corrected chi connectivity index (χ0v) is 13.6. The van der Waals surface area contributed by atoms with Gasteiger partial charge < -0.3 is 10.3 Å². The molecule has 0 fully saturated rings. The Labute approximate surface area is 133 Å². The first-order valence-electron chi connectivity index (χ1n) is 5.79. The Hall–Kier alpha value is -1.35. The Morgan fingerprint density at radius 3 is 2.95 bits per heavy atom. The molecule has 0 spiro atoms. The molecule has 1 aromatic heterocycles. The van der Waals surface area contributed by atoms with Crippen LogP contribution in [0, 0.1) is 10.5 Å². The van der Waals surface area contributed by atoms with Crippen molar-refractivity contribution in [3.05, 3.63) is 49.9 Å². The van der Waals surface area contributed by atoms with Crippen LogP contribution in [0.2, 0.25) is 0 Å². The lowest BCUT2D eigenvalue weighted by atomic mass is 10.2. The van der Waals surface area contributed by atoms with Gasteiger partial charge in [-0.2, -0.15) is 0 Å². The van der Waals surface area contributed by atoms with E-state index in [2.05, 4.69) is 37.9 Å². The highest BCUT2D eigenvalue weighted by atomic mass is 127. The fourth-order valence-electron chi connectivity index (χ4n) is 1.51. The number of carbonyl (C=O) groups excluding carboxylic acids is 1. The molecule has 0 aliphatic rings. The average molecular weight is 401 g/mol. The minimum atomic E-state index is -0.226. The van der Waals surface area contributed by atoms with E-state index in [-0.39, 0.29) is 17.2 Å². The van der Waals surface area contributed by atoms with Gasteiger partial charge >= 0.3 is 0 Å². The second-order valence-corrected chi connectivity index (χ2v) is 6.25. The van der Waals surface area contributed by atoms with E-state index in [1.807, 2.05) is 25.1 Å². The molecule has 104 valence electrons. The number of rotatable bonds is 4. The molecule has 1 aromatic carbocycles. The van der Waals surface area contributed by atoms with E-state index in [9.17, 15) is 9.59 Å². The Bertz CT molecular complexity index is 687. The zero-order valence-electron chi connectivity index (χ0n) is 10.6. The normalized spacial score (nSPS) is 10.3. The van der Waals surface area contributed by atoms with Crippen molar-refractivity contribution in [2.24, 2.45) is 0 Å². The molecule has 0 aliphatic carbocycles. The summed E-state index contributed by atoms with van der Waals surface area (Å²) in [5, 5.41) is 3.28. The molecular formula is C13H12IN3O2S. The van der Waals surface area contributed by atoms with Crippen LogP contribution >= 0.6 is 34.4 Å². The van der Waals surface area contributed by atoms with Gasteiger partial charge in [0.2, 0.25) is 5.91 Å². The lowest BCUT2D eigenvalue weighted by molar-refractivity contribution is -0.113. The molecule has 2 rings (SSSR count). The highest BCUT2D eigenvalue weighted by Crippen LogP contribution is 2.18. The number of halogens is 1. The van der Waals surface area contributed by atoms with Gasteiger partial charge in [-0.05, 0) is 53.3 Å². The highest BCUT2D eigenvalue weighted by molar-refractivity contribution is 14.1. The van der Waals surface area contributed by atoms with E-state index >= 15 is 0 Å². The molecule has 0 unspecified atom stereocenters. The Morgan fingerprint density at radius 1 is 1.45 bits per heavy atom. The molecule has 20 heavy (non-hydrogen) atoms. The third kappa shape index (κ3) is 4.34. The van der Waals surface area contributed by atoms with Gasteiger partial charge in [-0.25, -0.2) is 4.98 Å². The van der Waals surface area contributed by atoms with Crippen LogP contribution in [0.3, 0.4) is 0 Å². The lowest BCUT2D eigenvalue weighted by Crippen LogP contribution is -2.15. The van der Waals surface area contributed by atoms with Crippen LogP contribution in [-0.4, -0.2) is 21.6 Å². The van der Waals surface area contributed by atoms with Gasteiger partial charge in [0, 0.05) is 21.5 Å². The fraction of sp³-hybridized carbons (Fsp3) is 0.154. The van der Waals surface area contributed by atoms with E-state index in [4.69, 9.17) is 0 Å². The number of aromatic amines is 1. The van der Waals surface area contributed by atoms with Crippen molar-refractivity contribution in [3.63, 3.8) is 0 Å². The minimum absolute atomic E-state index is 0.134. The smallest absolute Gasteiger partial charge is 0.251 e. The SMILES string of the molecule is Cc1cc(I)ccc1NC(=O)CSc1nccc(=O)[nH]1. The number of hydrogen-bond acceptors (Lipinski definition) is 4. The summed E-state index contributed by atoms with van der Waals surface area (Å²) in [6.45, 7) is 1.95. The maximum atomic E-state index is 11.9. The molecule has 0 radical (unpaired) electrons. The third-order valence-electron chi connectivity index (χ3n) is 2.45. The number of nitrogens with one attached hydrogen (secondary N) is 2. The molecule has 2 N–H and O–H groups in total. The van der Waals surface area contributed by atoms with Crippen LogP contribution in [-0.2, 0) is 4.79 Å². The van der Waals surface area contributed by atoms with Crippen molar-refractivity contribution >= 4 is 45.9 Å². The van der Waals surface area contributed by atoms with Crippen molar-refractivity contribution < 1.29 is 4.79 Å². The maximum absolute atomic E-state index is 11.9. The predicted molar refractivity (Wildman–Crippen MR) is 88.1 cm³/mol. The van der Waals surface area contributed by atoms with Gasteiger partial charge in [0.25, 0.3) is 5.56 Å². The molecular weight excluding hydrogens is 389 g/mol. The number of hydrogen-bond donors (Lipinski definition) is 2. The lowest BCUT2D eigenvalue weighted by Gasteiger charge is -2.08. The summed E-state index contributed by atoms with van der Waals surface area (Å²) >= 11 is 3.42. The minimum Gasteiger partial charge on any atom is -0.325 e. The second-order valence-electron chi connectivity index (χ2n) is 4.04. The Balaban J connectivity index is 1.94. The Kier molecular flexibility index (Phi) is 5.18. The number of carbonyl (C=O) groups is 1. The van der Waals surface area contributed by atoms with Crippen LogP contribution in [0.5, 0.6) is 0 Å². The molecule has 5 nitrogen and oxygen atoms in total. The predicted octanol–water partition coefficient (Wildman–Crippen LogP) is 2.41. The van der Waals surface area contributed by atoms with Crippen LogP contribution < -0.4 is 10.9 Å². The summed E-state index contributed by atoms with van der Waals surface area (Å²) in [5.74, 6) is 0.0593. The van der Waals surface area contributed by atoms with Gasteiger partial charge in [0.15, 0.2) is 5.16 Å². The number of nitrogens with zero attached hydrogens (tertiary/aromatic N) is 1. The van der Waals surface area contributed by atoms with E-state index in [0.717, 1.165) is 14.8 Å². The Morgan fingerprint density at radius 2 is 2.25 bits per heavy atom. The summed E-state index contributed by atoms with van der Waals surface area (Å²) in [7, 11) is 0. The molecule has 0 saturated carbocycles. The van der Waals surface area contributed by atoms with Crippen molar-refractivity contribution in [1.82, 2.24) is 9.97 Å². The number of aromatic nitrogens is 2. The van der Waals surface area contributed by atoms with Gasteiger partial charge in [0.1, 0.15) is 0 Å². The number of anilines is 1. The number of benzene rings is 1. The first-order valence-corrected chi connectivity index (χ1v) is 7.85. The van der Waals surface area contributed by atoms with Crippen LogP contribution in [0.1, 0.15) is 5.56 Å². The fourth-order valence-corrected chi connectivity index (χ4v) is 2.81. The topological polar surface area (TPSA) is 74.8 Å². The van der Waals surface area contributed by atoms with E-state index in [1.54, 1.807) is 0 Å². The van der Waals surface area contributed by atoms with Gasteiger partial charge in [0.05, 0.1) is 5.75 Å². The number of aryl methyl sites for hydroxylation is 1. The number of amides is 1. The monoisotopic (exact) mass is 401 g/mol. The molecule has 0 bridgehead atoms. The van der Waals surface area contributed by atoms with Crippen LogP contribution in [0.15, 0.2) is 40.4 Å². The van der Waals surface area contributed by atoms with E-state index < -0.39 is 0 Å². The second kappa shape index (κ2) is 6.89. The van der Waals surface area contributed by atoms with Gasteiger partial charge in [-0.1, -0.05) is 11.8 Å². The molecule has 0 saturated heterocycles. The summed E-state index contributed by atoms with van der Waals surface area (Å²) in [4.78, 5) is 29.5. The molecule has 7 heteroatoms. The van der Waals surface area contributed by atoms with Crippen LogP contribution in [0.25, 0.3) is 0 Å².